The zero-order chi connectivity index (χ0) is 10.8. The van der Waals surface area contributed by atoms with Gasteiger partial charge in [0.1, 0.15) is 0 Å². The third-order valence-electron chi connectivity index (χ3n) is 2.39. The van der Waals surface area contributed by atoms with Crippen LogP contribution in [-0.2, 0) is 6.42 Å². The van der Waals surface area contributed by atoms with E-state index in [0.29, 0.717) is 4.73 Å². The van der Waals surface area contributed by atoms with Crippen LogP contribution in [0.25, 0.3) is 10.9 Å². The maximum absolute atomic E-state index is 4.43. The fourth-order valence-electron chi connectivity index (χ4n) is 1.70. The predicted molar refractivity (Wildman–Crippen MR) is 66.0 cm³/mol. The topological polar surface area (TPSA) is 25.8 Å². The Kier molecular flexibility index (Phi) is 3.00. The molecule has 1 aromatic heterocycles. The zero-order valence-corrected chi connectivity index (χ0v) is 10.5. The summed E-state index contributed by atoms with van der Waals surface area (Å²) in [7, 11) is 0. The Morgan fingerprint density at radius 3 is 2.80 bits per heavy atom. The molecule has 2 rings (SSSR count). The molecule has 2 aromatic rings. The van der Waals surface area contributed by atoms with Crippen molar-refractivity contribution >= 4 is 26.8 Å². The second kappa shape index (κ2) is 4.27. The largest absolute Gasteiger partial charge is 0.227 e. The summed E-state index contributed by atoms with van der Waals surface area (Å²) in [5.41, 5.74) is 3.39. The van der Waals surface area contributed by atoms with Gasteiger partial charge in [0.15, 0.2) is 4.73 Å². The maximum atomic E-state index is 4.43. The van der Waals surface area contributed by atoms with Gasteiger partial charge in [-0.1, -0.05) is 25.5 Å². The van der Waals surface area contributed by atoms with Gasteiger partial charge in [-0.05, 0) is 40.9 Å². The van der Waals surface area contributed by atoms with Gasteiger partial charge in [-0.15, -0.1) is 0 Å². The van der Waals surface area contributed by atoms with Crippen LogP contribution in [-0.4, -0.2) is 9.97 Å². The van der Waals surface area contributed by atoms with Gasteiger partial charge < -0.3 is 0 Å². The number of benzene rings is 1. The molecule has 0 atom stereocenters. The average Bonchev–Trinajstić information content (AvgIpc) is 2.17. The quantitative estimate of drug-likeness (QED) is 0.774. The van der Waals surface area contributed by atoms with Crippen molar-refractivity contribution in [1.82, 2.24) is 9.97 Å². The first-order valence-electron chi connectivity index (χ1n) is 5.13. The first-order valence-corrected chi connectivity index (χ1v) is 5.93. The lowest BCUT2D eigenvalue weighted by molar-refractivity contribution is 0.879. The number of fused-ring (bicyclic) bond motifs is 1. The number of halogens is 1. The highest BCUT2D eigenvalue weighted by molar-refractivity contribution is 9.10. The fraction of sp³-hybridized carbons (Fsp3) is 0.333. The molecule has 78 valence electrons. The van der Waals surface area contributed by atoms with Crippen molar-refractivity contribution in [2.75, 3.05) is 0 Å². The summed E-state index contributed by atoms with van der Waals surface area (Å²) in [6, 6.07) is 6.32. The highest BCUT2D eigenvalue weighted by atomic mass is 79.9. The number of aryl methyl sites for hydroxylation is 2. The molecule has 0 aliphatic carbocycles. The molecule has 2 nitrogen and oxygen atoms in total. The van der Waals surface area contributed by atoms with Crippen molar-refractivity contribution in [3.8, 4) is 0 Å². The standard InChI is InChI=1S/C12H13BrN2/c1-3-4-10-9-6-5-8(2)7-11(9)15-12(13)14-10/h5-7H,3-4H2,1-2H3. The van der Waals surface area contributed by atoms with Gasteiger partial charge in [-0.3, -0.25) is 0 Å². The molecule has 0 aliphatic rings. The van der Waals surface area contributed by atoms with Gasteiger partial charge >= 0.3 is 0 Å². The lowest BCUT2D eigenvalue weighted by Crippen LogP contribution is -1.95. The molecule has 0 fully saturated rings. The van der Waals surface area contributed by atoms with Gasteiger partial charge in [-0.25, -0.2) is 9.97 Å². The van der Waals surface area contributed by atoms with Crippen LogP contribution in [0.3, 0.4) is 0 Å². The summed E-state index contributed by atoms with van der Waals surface area (Å²) < 4.78 is 0.684. The summed E-state index contributed by atoms with van der Waals surface area (Å²) in [6.45, 7) is 4.24. The van der Waals surface area contributed by atoms with Crippen molar-refractivity contribution in [3.63, 3.8) is 0 Å². The maximum Gasteiger partial charge on any atom is 0.197 e. The summed E-state index contributed by atoms with van der Waals surface area (Å²) in [5, 5.41) is 1.17. The van der Waals surface area contributed by atoms with E-state index < -0.39 is 0 Å². The smallest absolute Gasteiger partial charge is 0.197 e. The summed E-state index contributed by atoms with van der Waals surface area (Å²) in [6.07, 6.45) is 2.10. The predicted octanol–water partition coefficient (Wildman–Crippen LogP) is 3.65. The van der Waals surface area contributed by atoms with Crippen LogP contribution in [0.4, 0.5) is 0 Å². The van der Waals surface area contributed by atoms with Crippen molar-refractivity contribution in [3.05, 3.63) is 34.2 Å². The molecule has 0 radical (unpaired) electrons. The van der Waals surface area contributed by atoms with E-state index in [-0.39, 0.29) is 0 Å². The van der Waals surface area contributed by atoms with Crippen LogP contribution in [0, 0.1) is 6.92 Å². The first kappa shape index (κ1) is 10.6. The number of hydrogen-bond donors (Lipinski definition) is 0. The molecule has 15 heavy (non-hydrogen) atoms. The highest BCUT2D eigenvalue weighted by Crippen LogP contribution is 2.20. The minimum absolute atomic E-state index is 0.684. The molecule has 0 unspecified atom stereocenters. The van der Waals surface area contributed by atoms with Crippen LogP contribution in [0.2, 0.25) is 0 Å². The summed E-state index contributed by atoms with van der Waals surface area (Å²) in [5.74, 6) is 0. The van der Waals surface area contributed by atoms with E-state index in [0.717, 1.165) is 24.1 Å². The minimum atomic E-state index is 0.684. The molecule has 0 amide bonds. The number of nitrogens with zero attached hydrogens (tertiary/aromatic N) is 2. The lowest BCUT2D eigenvalue weighted by Gasteiger charge is -2.05. The second-order valence-electron chi connectivity index (χ2n) is 3.71. The van der Waals surface area contributed by atoms with Crippen molar-refractivity contribution in [2.24, 2.45) is 0 Å². The Labute approximate surface area is 97.9 Å². The Morgan fingerprint density at radius 1 is 1.27 bits per heavy atom. The van der Waals surface area contributed by atoms with E-state index in [9.17, 15) is 0 Å². The van der Waals surface area contributed by atoms with Crippen LogP contribution in [0.15, 0.2) is 22.9 Å². The lowest BCUT2D eigenvalue weighted by atomic mass is 10.1. The van der Waals surface area contributed by atoms with Crippen LogP contribution < -0.4 is 0 Å². The van der Waals surface area contributed by atoms with Crippen LogP contribution in [0.5, 0.6) is 0 Å². The Bertz CT molecular complexity index is 489. The first-order chi connectivity index (χ1) is 7.20. The Morgan fingerprint density at radius 2 is 2.07 bits per heavy atom. The molecule has 1 heterocycles. The Hall–Kier alpha value is -0.960. The number of aromatic nitrogens is 2. The summed E-state index contributed by atoms with van der Waals surface area (Å²) >= 11 is 3.36. The fourth-order valence-corrected chi connectivity index (χ4v) is 2.11. The third-order valence-corrected chi connectivity index (χ3v) is 2.75. The molecule has 1 aromatic carbocycles. The molecule has 0 bridgehead atoms. The molecular weight excluding hydrogens is 252 g/mol. The normalized spacial score (nSPS) is 10.9. The van der Waals surface area contributed by atoms with E-state index in [1.54, 1.807) is 0 Å². The molecular formula is C12H13BrN2. The van der Waals surface area contributed by atoms with Crippen molar-refractivity contribution < 1.29 is 0 Å². The van der Waals surface area contributed by atoms with Gasteiger partial charge in [0, 0.05) is 5.39 Å². The highest BCUT2D eigenvalue weighted by Gasteiger charge is 2.05. The minimum Gasteiger partial charge on any atom is -0.227 e. The molecule has 0 aliphatic heterocycles. The number of hydrogen-bond acceptors (Lipinski definition) is 2. The van der Waals surface area contributed by atoms with Crippen LogP contribution >= 0.6 is 15.9 Å². The van der Waals surface area contributed by atoms with Crippen molar-refractivity contribution in [2.45, 2.75) is 26.7 Å². The van der Waals surface area contributed by atoms with E-state index in [1.165, 1.54) is 10.9 Å². The molecule has 0 N–H and O–H groups in total. The van der Waals surface area contributed by atoms with E-state index in [2.05, 4.69) is 57.9 Å². The third kappa shape index (κ3) is 2.17. The van der Waals surface area contributed by atoms with E-state index in [1.807, 2.05) is 0 Å². The van der Waals surface area contributed by atoms with Gasteiger partial charge in [0.05, 0.1) is 11.2 Å². The second-order valence-corrected chi connectivity index (χ2v) is 4.42. The molecule has 0 spiro atoms. The molecule has 0 saturated heterocycles. The Balaban J connectivity index is 2.68. The van der Waals surface area contributed by atoms with Crippen molar-refractivity contribution in [1.29, 1.82) is 0 Å². The van der Waals surface area contributed by atoms with Gasteiger partial charge in [0.25, 0.3) is 0 Å². The average molecular weight is 265 g/mol. The number of rotatable bonds is 2. The molecule has 3 heteroatoms. The SMILES string of the molecule is CCCc1nc(Br)nc2cc(C)ccc12. The monoisotopic (exact) mass is 264 g/mol. The summed E-state index contributed by atoms with van der Waals surface area (Å²) in [4.78, 5) is 8.81. The van der Waals surface area contributed by atoms with Gasteiger partial charge in [0.2, 0.25) is 0 Å². The van der Waals surface area contributed by atoms with E-state index in [4.69, 9.17) is 0 Å². The van der Waals surface area contributed by atoms with Crippen LogP contribution in [0.1, 0.15) is 24.6 Å². The zero-order valence-electron chi connectivity index (χ0n) is 8.92. The van der Waals surface area contributed by atoms with Gasteiger partial charge in [-0.2, -0.15) is 0 Å². The van der Waals surface area contributed by atoms with E-state index >= 15 is 0 Å². The molecule has 0 saturated carbocycles.